The zero-order valence-electron chi connectivity index (χ0n) is 19.6. The number of ether oxygens (including phenoxy) is 1. The Morgan fingerprint density at radius 2 is 1.72 bits per heavy atom. The Morgan fingerprint density at radius 1 is 1.00 bits per heavy atom. The summed E-state index contributed by atoms with van der Waals surface area (Å²) in [5.41, 5.74) is 4.01. The number of imide groups is 1. The van der Waals surface area contributed by atoms with E-state index in [1.807, 2.05) is 44.2 Å². The lowest BCUT2D eigenvalue weighted by Crippen LogP contribution is -2.32. The molecular formula is C28H22BrClN2O3S. The number of thioether (sulfide) groups is 1. The predicted octanol–water partition coefficient (Wildman–Crippen LogP) is 7.78. The number of benzene rings is 3. The minimum Gasteiger partial charge on any atom is -0.492 e. The number of carbonyl (C=O) groups is 2. The summed E-state index contributed by atoms with van der Waals surface area (Å²) in [6.07, 6.45) is 1.81. The van der Waals surface area contributed by atoms with E-state index in [9.17, 15) is 9.59 Å². The first-order valence-corrected chi connectivity index (χ1v) is 13.3. The van der Waals surface area contributed by atoms with Crippen LogP contribution in [0.2, 0.25) is 5.02 Å². The molecule has 0 atom stereocenters. The van der Waals surface area contributed by atoms with Crippen molar-refractivity contribution in [2.75, 3.05) is 13.2 Å². The summed E-state index contributed by atoms with van der Waals surface area (Å²) in [5, 5.41) is 2.58. The van der Waals surface area contributed by atoms with E-state index in [4.69, 9.17) is 16.3 Å². The molecule has 0 bridgehead atoms. The standard InChI is InChI=1S/C28H22BrClN2O3S/c1-17-15-19(18(2)32(17)25-12-11-24(29)22-5-3-4-6-23(22)25)16-26-27(33)31(28(34)36-26)13-14-35-21-9-7-20(30)8-10-21/h3-12,15-16H,13-14H2,1-2H3/b26-16-. The lowest BCUT2D eigenvalue weighted by atomic mass is 10.1. The van der Waals surface area contributed by atoms with Gasteiger partial charge in [-0.15, -0.1) is 0 Å². The lowest BCUT2D eigenvalue weighted by molar-refractivity contribution is -0.123. The third kappa shape index (κ3) is 4.71. The second-order valence-corrected chi connectivity index (χ2v) is 10.7. The molecule has 3 aromatic carbocycles. The van der Waals surface area contributed by atoms with Crippen LogP contribution in [-0.4, -0.2) is 33.8 Å². The van der Waals surface area contributed by atoms with Crippen molar-refractivity contribution in [1.82, 2.24) is 9.47 Å². The fourth-order valence-electron chi connectivity index (χ4n) is 4.37. The number of fused-ring (bicyclic) bond motifs is 1. The molecule has 5 nitrogen and oxygen atoms in total. The molecule has 1 aliphatic rings. The SMILES string of the molecule is Cc1cc(/C=C2\SC(=O)N(CCOc3ccc(Cl)cc3)C2=O)c(C)n1-c1ccc(Br)c2ccccc12. The highest BCUT2D eigenvalue weighted by atomic mass is 79.9. The maximum absolute atomic E-state index is 13.0. The molecule has 5 rings (SSSR count). The molecule has 4 aromatic rings. The van der Waals surface area contributed by atoms with E-state index >= 15 is 0 Å². The van der Waals surface area contributed by atoms with Crippen molar-refractivity contribution >= 4 is 67.3 Å². The molecule has 1 saturated heterocycles. The van der Waals surface area contributed by atoms with Crippen LogP contribution < -0.4 is 4.74 Å². The monoisotopic (exact) mass is 580 g/mol. The molecule has 36 heavy (non-hydrogen) atoms. The van der Waals surface area contributed by atoms with Gasteiger partial charge in [0, 0.05) is 26.3 Å². The molecule has 2 amide bonds. The van der Waals surface area contributed by atoms with Crippen molar-refractivity contribution in [3.05, 3.63) is 98.1 Å². The van der Waals surface area contributed by atoms with Gasteiger partial charge in [0.1, 0.15) is 12.4 Å². The van der Waals surface area contributed by atoms with E-state index in [1.165, 1.54) is 4.90 Å². The van der Waals surface area contributed by atoms with E-state index in [1.54, 1.807) is 24.3 Å². The molecule has 182 valence electrons. The Hall–Kier alpha value is -3.00. The summed E-state index contributed by atoms with van der Waals surface area (Å²) < 4.78 is 8.89. The van der Waals surface area contributed by atoms with Crippen LogP contribution in [0.25, 0.3) is 22.5 Å². The smallest absolute Gasteiger partial charge is 0.293 e. The fourth-order valence-corrected chi connectivity index (χ4v) is 5.83. The van der Waals surface area contributed by atoms with E-state index in [0.717, 1.165) is 49.6 Å². The highest BCUT2D eigenvalue weighted by Crippen LogP contribution is 2.35. The van der Waals surface area contributed by atoms with E-state index in [-0.39, 0.29) is 24.3 Å². The molecule has 0 radical (unpaired) electrons. The molecule has 1 aromatic heterocycles. The summed E-state index contributed by atoms with van der Waals surface area (Å²) in [6, 6.07) is 21.4. The number of nitrogens with zero attached hydrogens (tertiary/aromatic N) is 2. The van der Waals surface area contributed by atoms with Crippen LogP contribution in [0.1, 0.15) is 17.0 Å². The van der Waals surface area contributed by atoms with Crippen molar-refractivity contribution in [2.24, 2.45) is 0 Å². The van der Waals surface area contributed by atoms with Crippen molar-refractivity contribution in [1.29, 1.82) is 0 Å². The number of carbonyl (C=O) groups excluding carboxylic acids is 2. The Kier molecular flexibility index (Phi) is 6.97. The molecule has 0 saturated carbocycles. The summed E-state index contributed by atoms with van der Waals surface area (Å²) in [4.78, 5) is 27.2. The zero-order chi connectivity index (χ0) is 25.4. The maximum atomic E-state index is 13.0. The molecule has 2 heterocycles. The van der Waals surface area contributed by atoms with Gasteiger partial charge < -0.3 is 9.30 Å². The molecule has 1 fully saturated rings. The summed E-state index contributed by atoms with van der Waals surface area (Å²) in [7, 11) is 0. The fraction of sp³-hybridized carbons (Fsp3) is 0.143. The second kappa shape index (κ2) is 10.2. The van der Waals surface area contributed by atoms with Crippen LogP contribution >= 0.6 is 39.3 Å². The Labute approximate surface area is 226 Å². The van der Waals surface area contributed by atoms with Crippen LogP contribution in [0.3, 0.4) is 0 Å². The number of aryl methyl sites for hydroxylation is 1. The van der Waals surface area contributed by atoms with Crippen molar-refractivity contribution in [3.63, 3.8) is 0 Å². The minimum absolute atomic E-state index is 0.175. The number of amides is 2. The van der Waals surface area contributed by atoms with Gasteiger partial charge in [-0.3, -0.25) is 14.5 Å². The third-order valence-electron chi connectivity index (χ3n) is 6.12. The van der Waals surface area contributed by atoms with Crippen molar-refractivity contribution < 1.29 is 14.3 Å². The molecule has 0 N–H and O–H groups in total. The number of hydrogen-bond acceptors (Lipinski definition) is 4. The lowest BCUT2D eigenvalue weighted by Gasteiger charge is -2.14. The normalized spacial score (nSPS) is 14.9. The number of aromatic nitrogens is 1. The van der Waals surface area contributed by atoms with Gasteiger partial charge in [0.05, 0.1) is 17.1 Å². The van der Waals surface area contributed by atoms with E-state index < -0.39 is 0 Å². The molecule has 0 aliphatic carbocycles. The first kappa shape index (κ1) is 24.7. The van der Waals surface area contributed by atoms with Crippen LogP contribution in [0.15, 0.2) is 76.1 Å². The molecule has 8 heteroatoms. The maximum Gasteiger partial charge on any atom is 0.293 e. The predicted molar refractivity (Wildman–Crippen MR) is 150 cm³/mol. The summed E-state index contributed by atoms with van der Waals surface area (Å²) in [5.74, 6) is 0.332. The first-order chi connectivity index (χ1) is 17.3. The Bertz CT molecular complexity index is 1530. The third-order valence-corrected chi connectivity index (χ3v) is 7.97. The molecule has 0 spiro atoms. The van der Waals surface area contributed by atoms with Gasteiger partial charge in [-0.1, -0.05) is 51.8 Å². The van der Waals surface area contributed by atoms with Gasteiger partial charge in [0.25, 0.3) is 11.1 Å². The van der Waals surface area contributed by atoms with Gasteiger partial charge in [-0.05, 0) is 85.1 Å². The van der Waals surface area contributed by atoms with Crippen molar-refractivity contribution in [2.45, 2.75) is 13.8 Å². The number of hydrogen-bond donors (Lipinski definition) is 0. The summed E-state index contributed by atoms with van der Waals surface area (Å²) in [6.45, 7) is 4.45. The van der Waals surface area contributed by atoms with Gasteiger partial charge in [-0.25, -0.2) is 0 Å². The average Bonchev–Trinajstić information content (AvgIpc) is 3.29. The average molecular weight is 582 g/mol. The zero-order valence-corrected chi connectivity index (χ0v) is 22.8. The van der Waals surface area contributed by atoms with Crippen LogP contribution in [0.4, 0.5) is 4.79 Å². The van der Waals surface area contributed by atoms with Crippen molar-refractivity contribution in [3.8, 4) is 11.4 Å². The number of halogens is 2. The Balaban J connectivity index is 1.38. The minimum atomic E-state index is -0.302. The second-order valence-electron chi connectivity index (χ2n) is 8.41. The van der Waals surface area contributed by atoms with Crippen LogP contribution in [-0.2, 0) is 4.79 Å². The quantitative estimate of drug-likeness (QED) is 0.218. The molecular weight excluding hydrogens is 560 g/mol. The largest absolute Gasteiger partial charge is 0.492 e. The topological polar surface area (TPSA) is 51.5 Å². The highest BCUT2D eigenvalue weighted by molar-refractivity contribution is 9.10. The van der Waals surface area contributed by atoms with Crippen LogP contribution in [0.5, 0.6) is 5.75 Å². The van der Waals surface area contributed by atoms with Gasteiger partial charge >= 0.3 is 0 Å². The number of rotatable bonds is 6. The van der Waals surface area contributed by atoms with E-state index in [2.05, 4.69) is 38.7 Å². The molecule has 1 aliphatic heterocycles. The first-order valence-electron chi connectivity index (χ1n) is 11.3. The van der Waals surface area contributed by atoms with Gasteiger partial charge in [-0.2, -0.15) is 0 Å². The van der Waals surface area contributed by atoms with E-state index in [0.29, 0.717) is 15.7 Å². The Morgan fingerprint density at radius 3 is 2.47 bits per heavy atom. The van der Waals surface area contributed by atoms with Crippen LogP contribution in [0, 0.1) is 13.8 Å². The molecule has 0 unspecified atom stereocenters. The highest BCUT2D eigenvalue weighted by Gasteiger charge is 2.35. The van der Waals surface area contributed by atoms with Gasteiger partial charge in [0.2, 0.25) is 0 Å². The summed E-state index contributed by atoms with van der Waals surface area (Å²) >= 11 is 10.5. The van der Waals surface area contributed by atoms with Gasteiger partial charge in [0.15, 0.2) is 0 Å².